The third-order valence-electron chi connectivity index (χ3n) is 5.95. The molecule has 10 nitrogen and oxygen atoms in total. The normalized spacial score (nSPS) is 18.5. The third kappa shape index (κ3) is 3.18. The van der Waals surface area contributed by atoms with Gasteiger partial charge in [-0.1, -0.05) is 11.2 Å². The van der Waals surface area contributed by atoms with Gasteiger partial charge in [0.2, 0.25) is 0 Å². The molecule has 2 atom stereocenters. The average molecular weight is 468 g/mol. The van der Waals surface area contributed by atoms with Crippen molar-refractivity contribution in [3.63, 3.8) is 0 Å². The minimum Gasteiger partial charge on any atom is -0.496 e. The maximum atomic E-state index is 13.5. The molecule has 3 heterocycles. The van der Waals surface area contributed by atoms with Gasteiger partial charge in [0.1, 0.15) is 28.7 Å². The van der Waals surface area contributed by atoms with E-state index in [4.69, 9.17) is 18.7 Å². The summed E-state index contributed by atoms with van der Waals surface area (Å²) in [6, 6.07) is 8.93. The molecule has 11 heteroatoms. The Bertz CT molecular complexity index is 1480. The van der Waals surface area contributed by atoms with Crippen LogP contribution in [0.25, 0.3) is 11.0 Å². The first-order valence-corrected chi connectivity index (χ1v) is 11.8. The molecular formula is C22H20N4O6S. The van der Waals surface area contributed by atoms with E-state index in [1.807, 2.05) is 18.3 Å². The van der Waals surface area contributed by atoms with Crippen LogP contribution in [0.15, 0.2) is 52.1 Å². The zero-order valence-corrected chi connectivity index (χ0v) is 18.6. The lowest BCUT2D eigenvalue weighted by atomic mass is 10.1. The Balaban J connectivity index is 1.40. The van der Waals surface area contributed by atoms with Crippen molar-refractivity contribution < 1.29 is 27.2 Å². The molecule has 0 spiro atoms. The summed E-state index contributed by atoms with van der Waals surface area (Å²) in [4.78, 5) is -0.0416. The molecule has 2 aliphatic rings. The van der Waals surface area contributed by atoms with Gasteiger partial charge in [0.15, 0.2) is 16.3 Å². The van der Waals surface area contributed by atoms with Gasteiger partial charge in [0.05, 0.1) is 20.8 Å². The largest absolute Gasteiger partial charge is 0.496 e. The van der Waals surface area contributed by atoms with Crippen LogP contribution in [-0.4, -0.2) is 43.7 Å². The Morgan fingerprint density at radius 1 is 1.21 bits per heavy atom. The van der Waals surface area contributed by atoms with E-state index < -0.39 is 10.0 Å². The Morgan fingerprint density at radius 3 is 2.82 bits per heavy atom. The smallest absolute Gasteiger partial charge is 0.270 e. The lowest BCUT2D eigenvalue weighted by Crippen LogP contribution is -2.16. The van der Waals surface area contributed by atoms with Crippen LogP contribution < -0.4 is 18.9 Å². The van der Waals surface area contributed by atoms with E-state index in [1.165, 1.54) is 14.2 Å². The van der Waals surface area contributed by atoms with Gasteiger partial charge in [-0.2, -0.15) is 5.10 Å². The van der Waals surface area contributed by atoms with E-state index >= 15 is 0 Å². The van der Waals surface area contributed by atoms with Gasteiger partial charge in [-0.25, -0.2) is 8.42 Å². The van der Waals surface area contributed by atoms with Crippen LogP contribution in [-0.2, 0) is 16.6 Å². The summed E-state index contributed by atoms with van der Waals surface area (Å²) in [6.45, 7) is 0.494. The topological polar surface area (TPSA) is 118 Å². The van der Waals surface area contributed by atoms with E-state index in [0.29, 0.717) is 29.0 Å². The molecule has 0 amide bonds. The second-order valence-electron chi connectivity index (χ2n) is 8.03. The summed E-state index contributed by atoms with van der Waals surface area (Å²) in [5, 5.41) is 8.60. The standard InChI is InChI=1S/C22H20N4O6S/c1-29-15-5-4-13-14-10-16(14)31-20(13)21(15)33(27,28)25-22-19-17(30-2)8-12(9-18(19)32-24-22)11-26-7-3-6-23-26/h3-9,14,16H,10-11H2,1-2H3,(H,24,25). The van der Waals surface area contributed by atoms with Crippen LogP contribution in [0, 0.1) is 0 Å². The molecule has 1 aliphatic heterocycles. The van der Waals surface area contributed by atoms with Crippen molar-refractivity contribution in [2.45, 2.75) is 29.9 Å². The van der Waals surface area contributed by atoms with Gasteiger partial charge in [0, 0.05) is 23.9 Å². The summed E-state index contributed by atoms with van der Waals surface area (Å²) in [5.41, 5.74) is 2.13. The number of aromatic nitrogens is 3. The predicted octanol–water partition coefficient (Wildman–Crippen LogP) is 3.14. The quantitative estimate of drug-likeness (QED) is 0.440. The Hall–Kier alpha value is -3.73. The fourth-order valence-electron chi connectivity index (χ4n) is 4.34. The van der Waals surface area contributed by atoms with Gasteiger partial charge in [-0.05, 0) is 36.2 Å². The zero-order valence-electron chi connectivity index (χ0n) is 17.8. The van der Waals surface area contributed by atoms with Crippen molar-refractivity contribution in [2.24, 2.45) is 0 Å². The van der Waals surface area contributed by atoms with Crippen LogP contribution in [0.5, 0.6) is 17.2 Å². The van der Waals surface area contributed by atoms with Crippen molar-refractivity contribution in [1.82, 2.24) is 14.9 Å². The van der Waals surface area contributed by atoms with Crippen LogP contribution in [0.3, 0.4) is 0 Å². The molecule has 0 bridgehead atoms. The second-order valence-corrected chi connectivity index (χ2v) is 9.64. The lowest BCUT2D eigenvalue weighted by Gasteiger charge is -2.15. The number of sulfonamides is 1. The van der Waals surface area contributed by atoms with Crippen molar-refractivity contribution >= 4 is 26.8 Å². The average Bonchev–Trinajstić information content (AvgIpc) is 3.13. The van der Waals surface area contributed by atoms with Crippen molar-refractivity contribution in [2.75, 3.05) is 18.9 Å². The molecule has 2 unspecified atom stereocenters. The van der Waals surface area contributed by atoms with E-state index in [2.05, 4.69) is 15.0 Å². The highest BCUT2D eigenvalue weighted by molar-refractivity contribution is 7.93. The van der Waals surface area contributed by atoms with E-state index in [9.17, 15) is 8.42 Å². The predicted molar refractivity (Wildman–Crippen MR) is 117 cm³/mol. The molecule has 6 rings (SSSR count). The number of anilines is 1. The molecule has 1 saturated carbocycles. The van der Waals surface area contributed by atoms with Crippen LogP contribution in [0.1, 0.15) is 23.5 Å². The SMILES string of the molecule is COc1ccc2c(c1S(=O)(=O)Nc1noc3cc(Cn4cccn4)cc(OC)c13)OC1CC21. The Kier molecular flexibility index (Phi) is 4.31. The fraction of sp³-hybridized carbons (Fsp3) is 0.273. The van der Waals surface area contributed by atoms with Crippen molar-refractivity contribution in [3.05, 3.63) is 53.9 Å². The van der Waals surface area contributed by atoms with Gasteiger partial charge in [-0.3, -0.25) is 9.40 Å². The lowest BCUT2D eigenvalue weighted by molar-refractivity contribution is 0.305. The summed E-state index contributed by atoms with van der Waals surface area (Å²) in [5.74, 6) is 1.22. The first-order valence-electron chi connectivity index (χ1n) is 10.3. The summed E-state index contributed by atoms with van der Waals surface area (Å²) >= 11 is 0. The van der Waals surface area contributed by atoms with Gasteiger partial charge in [-0.15, -0.1) is 0 Å². The first-order chi connectivity index (χ1) is 16.0. The molecule has 170 valence electrons. The highest BCUT2D eigenvalue weighted by atomic mass is 32.2. The van der Waals surface area contributed by atoms with Crippen molar-refractivity contribution in [3.8, 4) is 17.2 Å². The number of rotatable bonds is 7. The minimum atomic E-state index is -4.11. The van der Waals surface area contributed by atoms with Gasteiger partial charge >= 0.3 is 0 Å². The Labute approximate surface area is 189 Å². The molecule has 1 fully saturated rings. The van der Waals surface area contributed by atoms with E-state index in [-0.39, 0.29) is 28.5 Å². The number of nitrogens with one attached hydrogen (secondary N) is 1. The molecule has 2 aromatic carbocycles. The molecule has 1 aliphatic carbocycles. The molecule has 0 saturated heterocycles. The zero-order chi connectivity index (χ0) is 22.7. The number of ether oxygens (including phenoxy) is 3. The molecule has 4 aromatic rings. The number of methoxy groups -OCH3 is 2. The molecular weight excluding hydrogens is 448 g/mol. The number of fused-ring (bicyclic) bond motifs is 4. The van der Waals surface area contributed by atoms with Crippen LogP contribution >= 0.6 is 0 Å². The molecule has 2 aromatic heterocycles. The molecule has 33 heavy (non-hydrogen) atoms. The second kappa shape index (κ2) is 7.14. The number of hydrogen-bond acceptors (Lipinski definition) is 8. The number of hydrogen-bond donors (Lipinski definition) is 1. The fourth-order valence-corrected chi connectivity index (χ4v) is 5.66. The van der Waals surface area contributed by atoms with E-state index in [1.54, 1.807) is 29.1 Å². The highest BCUT2D eigenvalue weighted by Crippen LogP contribution is 2.57. The van der Waals surface area contributed by atoms with Gasteiger partial charge < -0.3 is 18.7 Å². The summed E-state index contributed by atoms with van der Waals surface area (Å²) in [6.07, 6.45) is 4.47. The maximum absolute atomic E-state index is 13.5. The first kappa shape index (κ1) is 19.9. The number of benzene rings is 2. The van der Waals surface area contributed by atoms with Crippen LogP contribution in [0.4, 0.5) is 5.82 Å². The number of nitrogens with zero attached hydrogens (tertiary/aromatic N) is 3. The van der Waals surface area contributed by atoms with Gasteiger partial charge in [0.25, 0.3) is 10.0 Å². The molecule has 0 radical (unpaired) electrons. The monoisotopic (exact) mass is 468 g/mol. The van der Waals surface area contributed by atoms with E-state index in [0.717, 1.165) is 17.5 Å². The minimum absolute atomic E-state index is 0.0234. The van der Waals surface area contributed by atoms with Crippen LogP contribution in [0.2, 0.25) is 0 Å². The molecule has 1 N–H and O–H groups in total. The Morgan fingerprint density at radius 2 is 2.06 bits per heavy atom. The van der Waals surface area contributed by atoms with Crippen molar-refractivity contribution in [1.29, 1.82) is 0 Å². The third-order valence-corrected chi connectivity index (χ3v) is 7.33. The summed E-state index contributed by atoms with van der Waals surface area (Å²) < 4.78 is 53.5. The highest BCUT2D eigenvalue weighted by Gasteiger charge is 2.50. The summed E-state index contributed by atoms with van der Waals surface area (Å²) in [7, 11) is -1.19. The maximum Gasteiger partial charge on any atom is 0.270 e.